The van der Waals surface area contributed by atoms with Gasteiger partial charge in [-0.3, -0.25) is 0 Å². The Morgan fingerprint density at radius 3 is 2.30 bits per heavy atom. The van der Waals surface area contributed by atoms with Crippen LogP contribution in [-0.4, -0.2) is 19.8 Å². The molecule has 0 fully saturated rings. The van der Waals surface area contributed by atoms with Gasteiger partial charge in [0.2, 0.25) is 0 Å². The van der Waals surface area contributed by atoms with E-state index in [4.69, 9.17) is 0 Å². The molecule has 0 aliphatic heterocycles. The van der Waals surface area contributed by atoms with Crippen molar-refractivity contribution in [2.75, 3.05) is 13.6 Å². The predicted molar refractivity (Wildman–Crippen MR) is 42.9 cm³/mol. The number of alkyl halides is 1. The van der Waals surface area contributed by atoms with E-state index in [0.717, 1.165) is 6.42 Å². The summed E-state index contributed by atoms with van der Waals surface area (Å²) < 4.78 is 12.7. The predicted octanol–water partition coefficient (Wildman–Crippen LogP) is 1.98. The maximum Gasteiger partial charge on any atom is 0.112 e. The average Bonchev–Trinajstić information content (AvgIpc) is 1.85. The molecule has 0 bridgehead atoms. The summed E-state index contributed by atoms with van der Waals surface area (Å²) in [5, 5.41) is 2.82. The number of hydrogen-bond donors (Lipinski definition) is 1. The van der Waals surface area contributed by atoms with Gasteiger partial charge in [-0.15, -0.1) is 0 Å². The molecular formula is C8H18FN. The highest BCUT2D eigenvalue weighted by molar-refractivity contribution is 4.59. The molecule has 1 nitrogen and oxygen atoms in total. The van der Waals surface area contributed by atoms with E-state index >= 15 is 0 Å². The smallest absolute Gasteiger partial charge is 0.112 e. The Morgan fingerprint density at radius 2 is 1.90 bits per heavy atom. The van der Waals surface area contributed by atoms with E-state index in [2.05, 4.69) is 19.2 Å². The zero-order chi connectivity index (χ0) is 7.98. The third kappa shape index (κ3) is 6.02. The van der Waals surface area contributed by atoms with E-state index < -0.39 is 6.17 Å². The van der Waals surface area contributed by atoms with Crippen molar-refractivity contribution in [1.82, 2.24) is 5.32 Å². The number of hydrogen-bond acceptors (Lipinski definition) is 1. The third-order valence-electron chi connectivity index (χ3n) is 1.48. The lowest BCUT2D eigenvalue weighted by atomic mass is 10.1. The molecule has 0 saturated carbocycles. The highest BCUT2D eigenvalue weighted by Gasteiger charge is 2.04. The van der Waals surface area contributed by atoms with Gasteiger partial charge in [0.25, 0.3) is 0 Å². The fraction of sp³-hybridized carbons (Fsp3) is 1.00. The second kappa shape index (κ2) is 5.66. The van der Waals surface area contributed by atoms with Gasteiger partial charge in [0, 0.05) is 6.54 Å². The van der Waals surface area contributed by atoms with Crippen molar-refractivity contribution in [1.29, 1.82) is 0 Å². The molecule has 0 aromatic rings. The van der Waals surface area contributed by atoms with Gasteiger partial charge in [-0.1, -0.05) is 13.8 Å². The van der Waals surface area contributed by atoms with E-state index in [1.807, 2.05) is 0 Å². The number of halogens is 1. The molecule has 0 spiro atoms. The van der Waals surface area contributed by atoms with Crippen LogP contribution in [0.3, 0.4) is 0 Å². The molecule has 0 aliphatic carbocycles. The van der Waals surface area contributed by atoms with Gasteiger partial charge in [0.1, 0.15) is 6.17 Å². The average molecular weight is 147 g/mol. The Balaban J connectivity index is 3.12. The van der Waals surface area contributed by atoms with Crippen molar-refractivity contribution in [3.05, 3.63) is 0 Å². The summed E-state index contributed by atoms with van der Waals surface area (Å²) >= 11 is 0. The molecule has 0 radical (unpaired) electrons. The van der Waals surface area contributed by atoms with Crippen LogP contribution in [0.15, 0.2) is 0 Å². The van der Waals surface area contributed by atoms with E-state index in [1.165, 1.54) is 0 Å². The quantitative estimate of drug-likeness (QED) is 0.627. The molecule has 0 aliphatic rings. The first-order valence-corrected chi connectivity index (χ1v) is 3.95. The van der Waals surface area contributed by atoms with Crippen molar-refractivity contribution >= 4 is 0 Å². The lowest BCUT2D eigenvalue weighted by molar-refractivity contribution is 0.289. The van der Waals surface area contributed by atoms with Gasteiger partial charge >= 0.3 is 0 Å². The van der Waals surface area contributed by atoms with Crippen LogP contribution < -0.4 is 5.32 Å². The Bertz CT molecular complexity index is 73.7. The minimum absolute atomic E-state index is 0.493. The lowest BCUT2D eigenvalue weighted by Crippen LogP contribution is -2.19. The number of rotatable bonds is 5. The standard InChI is InChI=1S/C8H18FN/c1-7(2)4-5-8(9)6-10-3/h7-8,10H,4-6H2,1-3H3. The lowest BCUT2D eigenvalue weighted by Gasteiger charge is -2.08. The van der Waals surface area contributed by atoms with E-state index in [9.17, 15) is 4.39 Å². The van der Waals surface area contributed by atoms with Crippen LogP contribution in [0.25, 0.3) is 0 Å². The molecular weight excluding hydrogens is 129 g/mol. The fourth-order valence-electron chi connectivity index (χ4n) is 0.838. The summed E-state index contributed by atoms with van der Waals surface area (Å²) in [7, 11) is 1.78. The minimum Gasteiger partial charge on any atom is -0.317 e. The summed E-state index contributed by atoms with van der Waals surface area (Å²) in [5.74, 6) is 0.620. The van der Waals surface area contributed by atoms with Crippen LogP contribution in [0.1, 0.15) is 26.7 Å². The second-order valence-electron chi connectivity index (χ2n) is 3.13. The third-order valence-corrected chi connectivity index (χ3v) is 1.48. The van der Waals surface area contributed by atoms with Crippen LogP contribution >= 0.6 is 0 Å². The van der Waals surface area contributed by atoms with Gasteiger partial charge < -0.3 is 5.32 Å². The summed E-state index contributed by atoms with van der Waals surface area (Å²) in [6.45, 7) is 4.73. The minimum atomic E-state index is -0.660. The molecule has 10 heavy (non-hydrogen) atoms. The Hall–Kier alpha value is -0.110. The summed E-state index contributed by atoms with van der Waals surface area (Å²) in [5.41, 5.74) is 0. The molecule has 1 unspecified atom stereocenters. The van der Waals surface area contributed by atoms with Crippen molar-refractivity contribution in [3.8, 4) is 0 Å². The largest absolute Gasteiger partial charge is 0.317 e. The first-order chi connectivity index (χ1) is 4.66. The van der Waals surface area contributed by atoms with Crippen LogP contribution in [-0.2, 0) is 0 Å². The molecule has 1 atom stereocenters. The van der Waals surface area contributed by atoms with Gasteiger partial charge in [0.15, 0.2) is 0 Å². The van der Waals surface area contributed by atoms with Gasteiger partial charge in [0.05, 0.1) is 0 Å². The maximum atomic E-state index is 12.7. The molecule has 0 amide bonds. The molecule has 2 heteroatoms. The molecule has 0 rings (SSSR count). The van der Waals surface area contributed by atoms with Crippen molar-refractivity contribution in [2.24, 2.45) is 5.92 Å². The van der Waals surface area contributed by atoms with Gasteiger partial charge in [-0.25, -0.2) is 4.39 Å². The van der Waals surface area contributed by atoms with Crippen molar-refractivity contribution < 1.29 is 4.39 Å². The molecule has 0 heterocycles. The first kappa shape index (κ1) is 9.89. The Labute approximate surface area is 63.0 Å². The molecule has 1 N–H and O–H groups in total. The normalized spacial score (nSPS) is 14.1. The summed E-state index contributed by atoms with van der Waals surface area (Å²) in [4.78, 5) is 0. The second-order valence-corrected chi connectivity index (χ2v) is 3.13. The van der Waals surface area contributed by atoms with Gasteiger partial charge in [-0.2, -0.15) is 0 Å². The molecule has 0 aromatic carbocycles. The fourth-order valence-corrected chi connectivity index (χ4v) is 0.838. The van der Waals surface area contributed by atoms with Gasteiger partial charge in [-0.05, 0) is 25.8 Å². The topological polar surface area (TPSA) is 12.0 Å². The molecule has 0 saturated heterocycles. The van der Waals surface area contributed by atoms with Crippen LogP contribution in [0.4, 0.5) is 4.39 Å². The SMILES string of the molecule is CNCC(F)CCC(C)C. The molecule has 0 aromatic heterocycles. The summed E-state index contributed by atoms with van der Waals surface area (Å²) in [6, 6.07) is 0. The van der Waals surface area contributed by atoms with E-state index in [0.29, 0.717) is 18.9 Å². The van der Waals surface area contributed by atoms with E-state index in [1.54, 1.807) is 7.05 Å². The zero-order valence-electron chi connectivity index (χ0n) is 7.15. The van der Waals surface area contributed by atoms with Crippen molar-refractivity contribution in [2.45, 2.75) is 32.9 Å². The summed E-state index contributed by atoms with van der Waals surface area (Å²) in [6.07, 6.45) is 1.02. The Morgan fingerprint density at radius 1 is 1.30 bits per heavy atom. The first-order valence-electron chi connectivity index (χ1n) is 3.95. The highest BCUT2D eigenvalue weighted by Crippen LogP contribution is 2.08. The van der Waals surface area contributed by atoms with E-state index in [-0.39, 0.29) is 0 Å². The monoisotopic (exact) mass is 147 g/mol. The van der Waals surface area contributed by atoms with Crippen molar-refractivity contribution in [3.63, 3.8) is 0 Å². The maximum absolute atomic E-state index is 12.7. The zero-order valence-corrected chi connectivity index (χ0v) is 7.15. The highest BCUT2D eigenvalue weighted by atomic mass is 19.1. The number of nitrogens with one attached hydrogen (secondary N) is 1. The van der Waals surface area contributed by atoms with Crippen LogP contribution in [0.2, 0.25) is 0 Å². The molecule has 62 valence electrons. The van der Waals surface area contributed by atoms with Crippen LogP contribution in [0, 0.1) is 5.92 Å². The van der Waals surface area contributed by atoms with Crippen LogP contribution in [0.5, 0.6) is 0 Å². The Kier molecular flexibility index (Phi) is 5.60.